The van der Waals surface area contributed by atoms with Crippen molar-refractivity contribution in [1.82, 2.24) is 5.43 Å². The molecule has 1 saturated heterocycles. The number of hydrazone groups is 1. The second kappa shape index (κ2) is 9.09. The minimum Gasteiger partial charge on any atom is -0.274 e. The Morgan fingerprint density at radius 2 is 1.43 bits per heavy atom. The Balaban J connectivity index is 1.36. The topological polar surface area (TPSA) is 78.8 Å². The molecule has 6 nitrogen and oxygen atoms in total. The van der Waals surface area contributed by atoms with Crippen LogP contribution in [0.1, 0.15) is 33.7 Å². The quantitative estimate of drug-likeness (QED) is 0.231. The van der Waals surface area contributed by atoms with Crippen LogP contribution in [0.5, 0.6) is 0 Å². The number of carbonyl (C=O) groups excluding carboxylic acids is 3. The van der Waals surface area contributed by atoms with Gasteiger partial charge in [0.25, 0.3) is 0 Å². The maximum atomic E-state index is 14.3. The molecular formula is C33H24FN3O3. The molecule has 3 amide bonds. The van der Waals surface area contributed by atoms with Crippen molar-refractivity contribution in [2.75, 3.05) is 4.90 Å². The van der Waals surface area contributed by atoms with Gasteiger partial charge in [-0.05, 0) is 52.1 Å². The van der Waals surface area contributed by atoms with Gasteiger partial charge in [-0.25, -0.2) is 14.7 Å². The van der Waals surface area contributed by atoms with Crippen LogP contribution >= 0.6 is 0 Å². The van der Waals surface area contributed by atoms with Gasteiger partial charge in [0, 0.05) is 12.1 Å². The predicted octanol–water partition coefficient (Wildman–Crippen LogP) is 4.72. The van der Waals surface area contributed by atoms with Gasteiger partial charge in [0.2, 0.25) is 17.7 Å². The molecule has 3 aliphatic carbocycles. The molecule has 1 fully saturated rings. The lowest BCUT2D eigenvalue weighted by Gasteiger charge is -2.52. The fraction of sp³-hybridized carbons (Fsp3) is 0.152. The summed E-state index contributed by atoms with van der Waals surface area (Å²) in [5, 5.41) is 4.43. The zero-order valence-electron chi connectivity index (χ0n) is 21.3. The van der Waals surface area contributed by atoms with Crippen molar-refractivity contribution in [2.24, 2.45) is 16.9 Å². The van der Waals surface area contributed by atoms with Gasteiger partial charge in [0.05, 0.1) is 29.4 Å². The average Bonchev–Trinajstić information content (AvgIpc) is 3.25. The number of anilines is 1. The van der Waals surface area contributed by atoms with Crippen molar-refractivity contribution in [2.45, 2.75) is 17.8 Å². The van der Waals surface area contributed by atoms with Gasteiger partial charge in [-0.2, -0.15) is 5.10 Å². The number of imide groups is 1. The van der Waals surface area contributed by atoms with Crippen LogP contribution in [0.15, 0.2) is 108 Å². The number of amides is 3. The fourth-order valence-electron chi connectivity index (χ4n) is 6.92. The van der Waals surface area contributed by atoms with Gasteiger partial charge in [-0.15, -0.1) is 0 Å². The minimum absolute atomic E-state index is 0.155. The molecule has 40 heavy (non-hydrogen) atoms. The van der Waals surface area contributed by atoms with Crippen LogP contribution < -0.4 is 10.3 Å². The van der Waals surface area contributed by atoms with Crippen molar-refractivity contribution < 1.29 is 18.8 Å². The fourth-order valence-corrected chi connectivity index (χ4v) is 6.92. The van der Waals surface area contributed by atoms with Crippen LogP contribution in [-0.4, -0.2) is 23.9 Å². The number of nitrogens with one attached hydrogen (secondary N) is 1. The number of nitrogens with zero attached hydrogens (tertiary/aromatic N) is 2. The SMILES string of the molecule is O=C(Cc1ccccc1)N/N=C\C12c3ccccc3C(c3ccccc31)[C@@H]1C(=O)N(c3ccc(F)cc3)C(=O)[C@@H]12. The second-order valence-electron chi connectivity index (χ2n) is 10.5. The molecule has 196 valence electrons. The van der Waals surface area contributed by atoms with E-state index in [1.54, 1.807) is 6.21 Å². The molecule has 0 saturated carbocycles. The van der Waals surface area contributed by atoms with Gasteiger partial charge in [0.15, 0.2) is 0 Å². The van der Waals surface area contributed by atoms with E-state index in [4.69, 9.17) is 0 Å². The Labute approximate surface area is 230 Å². The maximum absolute atomic E-state index is 14.3. The summed E-state index contributed by atoms with van der Waals surface area (Å²) in [4.78, 5) is 42.3. The standard InChI is InChI=1S/C33H24FN3O3/c34-21-14-16-22(17-15-21)37-31(39)29-28-23-10-4-6-12-25(23)33(30(29)32(37)40,26-13-7-5-11-24(26)28)19-35-36-27(38)18-20-8-2-1-3-9-20/h1-17,19,28-30H,18H2,(H,36,38)/b35-19-/t28?,29-,30+,33?/m0/s1. The first-order valence-electron chi connectivity index (χ1n) is 13.2. The van der Waals surface area contributed by atoms with Gasteiger partial charge < -0.3 is 0 Å². The summed E-state index contributed by atoms with van der Waals surface area (Å²) >= 11 is 0. The van der Waals surface area contributed by atoms with E-state index >= 15 is 0 Å². The minimum atomic E-state index is -1.09. The highest BCUT2D eigenvalue weighted by molar-refractivity contribution is 6.25. The van der Waals surface area contributed by atoms with Crippen molar-refractivity contribution in [3.8, 4) is 0 Å². The van der Waals surface area contributed by atoms with E-state index in [0.29, 0.717) is 5.69 Å². The first kappa shape index (κ1) is 24.2. The number of hydrogen-bond donors (Lipinski definition) is 1. The van der Waals surface area contributed by atoms with Crippen molar-refractivity contribution >= 4 is 29.6 Å². The number of carbonyl (C=O) groups is 3. The molecule has 1 N–H and O–H groups in total. The van der Waals surface area contributed by atoms with Crippen LogP contribution in [0.3, 0.4) is 0 Å². The van der Waals surface area contributed by atoms with Crippen LogP contribution in [-0.2, 0) is 26.2 Å². The summed E-state index contributed by atoms with van der Waals surface area (Å²) in [7, 11) is 0. The van der Waals surface area contributed by atoms with Gasteiger partial charge in [0.1, 0.15) is 5.82 Å². The average molecular weight is 530 g/mol. The van der Waals surface area contributed by atoms with Crippen LogP contribution in [0.25, 0.3) is 0 Å². The largest absolute Gasteiger partial charge is 0.274 e. The molecular weight excluding hydrogens is 505 g/mol. The molecule has 4 aliphatic rings. The van der Waals surface area contributed by atoms with E-state index in [-0.39, 0.29) is 30.1 Å². The smallest absolute Gasteiger partial charge is 0.244 e. The van der Waals surface area contributed by atoms with E-state index in [2.05, 4.69) is 10.5 Å². The predicted molar refractivity (Wildman–Crippen MR) is 148 cm³/mol. The van der Waals surface area contributed by atoms with Gasteiger partial charge in [-0.3, -0.25) is 14.4 Å². The summed E-state index contributed by atoms with van der Waals surface area (Å²) in [6, 6.07) is 30.4. The van der Waals surface area contributed by atoms with Crippen LogP contribution in [0, 0.1) is 17.7 Å². The summed E-state index contributed by atoms with van der Waals surface area (Å²) < 4.78 is 13.7. The Bertz CT molecular complexity index is 1650. The number of hydrogen-bond acceptors (Lipinski definition) is 4. The molecule has 2 atom stereocenters. The highest BCUT2D eigenvalue weighted by Crippen LogP contribution is 2.63. The third-order valence-electron chi connectivity index (χ3n) is 8.43. The molecule has 0 radical (unpaired) electrons. The monoisotopic (exact) mass is 529 g/mol. The molecule has 8 rings (SSSR count). The lowest BCUT2D eigenvalue weighted by atomic mass is 9.47. The number of benzene rings is 4. The van der Waals surface area contributed by atoms with Crippen molar-refractivity contribution in [1.29, 1.82) is 0 Å². The molecule has 4 aromatic rings. The lowest BCUT2D eigenvalue weighted by Crippen LogP contribution is -2.54. The Morgan fingerprint density at radius 3 is 2.08 bits per heavy atom. The molecule has 0 unspecified atom stereocenters. The third-order valence-corrected chi connectivity index (χ3v) is 8.43. The Morgan fingerprint density at radius 1 is 0.825 bits per heavy atom. The van der Waals surface area contributed by atoms with Gasteiger partial charge in [-0.1, -0.05) is 78.9 Å². The molecule has 0 spiro atoms. The van der Waals surface area contributed by atoms with E-state index < -0.39 is 23.1 Å². The normalized spacial score (nSPS) is 24.1. The molecule has 2 bridgehead atoms. The summed E-state index contributed by atoms with van der Waals surface area (Å²) in [6.07, 6.45) is 1.79. The zero-order valence-corrected chi connectivity index (χ0v) is 21.3. The highest BCUT2D eigenvalue weighted by Gasteiger charge is 2.68. The Kier molecular flexibility index (Phi) is 5.49. The van der Waals surface area contributed by atoms with Gasteiger partial charge >= 0.3 is 0 Å². The molecule has 1 aliphatic heterocycles. The van der Waals surface area contributed by atoms with Crippen molar-refractivity contribution in [3.63, 3.8) is 0 Å². The number of halogens is 1. The second-order valence-corrected chi connectivity index (χ2v) is 10.5. The van der Waals surface area contributed by atoms with Crippen molar-refractivity contribution in [3.05, 3.63) is 137 Å². The van der Waals surface area contributed by atoms with E-state index in [1.165, 1.54) is 29.2 Å². The highest BCUT2D eigenvalue weighted by atomic mass is 19.1. The third kappa shape index (κ3) is 3.40. The van der Waals surface area contributed by atoms with E-state index in [0.717, 1.165) is 27.8 Å². The van der Waals surface area contributed by atoms with E-state index in [9.17, 15) is 18.8 Å². The molecule has 7 heteroatoms. The zero-order chi connectivity index (χ0) is 27.4. The number of rotatable bonds is 5. The summed E-state index contributed by atoms with van der Waals surface area (Å²) in [6.45, 7) is 0. The summed E-state index contributed by atoms with van der Waals surface area (Å²) in [5.74, 6) is -3.19. The summed E-state index contributed by atoms with van der Waals surface area (Å²) in [5.41, 5.74) is 6.46. The van der Waals surface area contributed by atoms with E-state index in [1.807, 2.05) is 78.9 Å². The lowest BCUT2D eigenvalue weighted by molar-refractivity contribution is -0.123. The molecule has 1 heterocycles. The molecule has 0 aromatic heterocycles. The molecule has 4 aromatic carbocycles. The maximum Gasteiger partial charge on any atom is 0.244 e. The Hall–Kier alpha value is -4.91. The van der Waals surface area contributed by atoms with Crippen LogP contribution in [0.4, 0.5) is 10.1 Å². The first-order chi connectivity index (χ1) is 19.5. The van der Waals surface area contributed by atoms with Crippen LogP contribution in [0.2, 0.25) is 0 Å². The first-order valence-corrected chi connectivity index (χ1v) is 13.2.